The van der Waals surface area contributed by atoms with Crippen molar-refractivity contribution in [3.8, 4) is 6.07 Å². The molecule has 0 aliphatic carbocycles. The SMILES string of the molecule is CC(=O)[C@@]1(C#N)CCCN1NCCN. The molecule has 5 heteroatoms. The van der Waals surface area contributed by atoms with Crippen LogP contribution in [0.25, 0.3) is 0 Å². The summed E-state index contributed by atoms with van der Waals surface area (Å²) in [6.45, 7) is 3.28. The second-order valence-corrected chi connectivity index (χ2v) is 3.48. The van der Waals surface area contributed by atoms with Crippen LogP contribution in [0.15, 0.2) is 0 Å². The van der Waals surface area contributed by atoms with E-state index in [4.69, 9.17) is 11.0 Å². The first-order chi connectivity index (χ1) is 6.67. The van der Waals surface area contributed by atoms with Crippen molar-refractivity contribution in [2.75, 3.05) is 19.6 Å². The van der Waals surface area contributed by atoms with Crippen LogP contribution in [0.5, 0.6) is 0 Å². The molecular formula is C9H16N4O. The van der Waals surface area contributed by atoms with Gasteiger partial charge in [-0.05, 0) is 19.8 Å². The number of carbonyl (C=O) groups is 1. The first-order valence-electron chi connectivity index (χ1n) is 4.81. The van der Waals surface area contributed by atoms with Gasteiger partial charge in [-0.1, -0.05) is 0 Å². The van der Waals surface area contributed by atoms with Gasteiger partial charge in [0.2, 0.25) is 0 Å². The van der Waals surface area contributed by atoms with Crippen molar-refractivity contribution in [2.45, 2.75) is 25.3 Å². The van der Waals surface area contributed by atoms with Gasteiger partial charge >= 0.3 is 0 Å². The standard InChI is InChI=1S/C9H16N4O/c1-8(14)9(7-11)3-2-6-13(9)12-5-4-10/h12H,2-6,10H2,1H3/t9-/m0/s1. The zero-order chi connectivity index (χ0) is 10.6. The van der Waals surface area contributed by atoms with Gasteiger partial charge in [-0.15, -0.1) is 0 Å². The number of nitrogens with zero attached hydrogens (tertiary/aromatic N) is 2. The molecule has 78 valence electrons. The molecule has 0 unspecified atom stereocenters. The van der Waals surface area contributed by atoms with E-state index in [0.717, 1.165) is 13.0 Å². The van der Waals surface area contributed by atoms with E-state index in [2.05, 4.69) is 11.5 Å². The molecule has 0 bridgehead atoms. The van der Waals surface area contributed by atoms with Gasteiger partial charge in [-0.3, -0.25) is 10.2 Å². The van der Waals surface area contributed by atoms with Crippen LogP contribution < -0.4 is 11.2 Å². The van der Waals surface area contributed by atoms with E-state index in [-0.39, 0.29) is 5.78 Å². The minimum Gasteiger partial charge on any atom is -0.329 e. The Morgan fingerprint density at radius 2 is 2.50 bits per heavy atom. The predicted octanol–water partition coefficient (Wildman–Crippen LogP) is -0.603. The summed E-state index contributed by atoms with van der Waals surface area (Å²) in [5.74, 6) is -0.0954. The fourth-order valence-corrected chi connectivity index (χ4v) is 1.79. The van der Waals surface area contributed by atoms with Crippen molar-refractivity contribution >= 4 is 5.78 Å². The largest absolute Gasteiger partial charge is 0.329 e. The molecule has 1 atom stereocenters. The summed E-state index contributed by atoms with van der Waals surface area (Å²) in [4.78, 5) is 11.4. The highest BCUT2D eigenvalue weighted by molar-refractivity contribution is 5.89. The third-order valence-corrected chi connectivity index (χ3v) is 2.60. The lowest BCUT2D eigenvalue weighted by atomic mass is 9.94. The second-order valence-electron chi connectivity index (χ2n) is 3.48. The molecule has 0 aromatic carbocycles. The molecule has 0 aromatic rings. The van der Waals surface area contributed by atoms with E-state index in [0.29, 0.717) is 19.5 Å². The monoisotopic (exact) mass is 196 g/mol. The number of nitrogens with two attached hydrogens (primary N) is 1. The molecule has 0 radical (unpaired) electrons. The number of rotatable bonds is 4. The minimum absolute atomic E-state index is 0.0954. The van der Waals surface area contributed by atoms with Crippen molar-refractivity contribution in [1.29, 1.82) is 5.26 Å². The first kappa shape index (κ1) is 11.1. The van der Waals surface area contributed by atoms with Gasteiger partial charge in [0.1, 0.15) is 0 Å². The molecule has 0 amide bonds. The van der Waals surface area contributed by atoms with Crippen LogP contribution in [0.1, 0.15) is 19.8 Å². The quantitative estimate of drug-likeness (QED) is 0.627. The van der Waals surface area contributed by atoms with Crippen molar-refractivity contribution in [3.63, 3.8) is 0 Å². The molecule has 1 aliphatic heterocycles. The lowest BCUT2D eigenvalue weighted by Crippen LogP contribution is -2.55. The fraction of sp³-hybridized carbons (Fsp3) is 0.778. The van der Waals surface area contributed by atoms with E-state index < -0.39 is 5.54 Å². The molecule has 1 saturated heterocycles. The highest BCUT2D eigenvalue weighted by atomic mass is 16.1. The third-order valence-electron chi connectivity index (χ3n) is 2.60. The lowest BCUT2D eigenvalue weighted by Gasteiger charge is -2.30. The smallest absolute Gasteiger partial charge is 0.179 e. The van der Waals surface area contributed by atoms with E-state index >= 15 is 0 Å². The molecule has 14 heavy (non-hydrogen) atoms. The van der Waals surface area contributed by atoms with Crippen LogP contribution in [0.2, 0.25) is 0 Å². The van der Waals surface area contributed by atoms with Gasteiger partial charge in [-0.25, -0.2) is 5.01 Å². The predicted molar refractivity (Wildman–Crippen MR) is 52.0 cm³/mol. The van der Waals surface area contributed by atoms with Gasteiger partial charge < -0.3 is 5.73 Å². The van der Waals surface area contributed by atoms with Gasteiger partial charge in [0.05, 0.1) is 6.07 Å². The maximum absolute atomic E-state index is 11.4. The summed E-state index contributed by atoms with van der Waals surface area (Å²) in [6, 6.07) is 2.11. The third kappa shape index (κ3) is 1.77. The molecule has 5 nitrogen and oxygen atoms in total. The van der Waals surface area contributed by atoms with Gasteiger partial charge in [0.15, 0.2) is 11.3 Å². The number of nitriles is 1. The number of carbonyl (C=O) groups excluding carboxylic acids is 1. The average molecular weight is 196 g/mol. The zero-order valence-electron chi connectivity index (χ0n) is 8.42. The summed E-state index contributed by atoms with van der Waals surface area (Å²) < 4.78 is 0. The second kappa shape index (κ2) is 4.51. The number of hydrazine groups is 1. The van der Waals surface area contributed by atoms with E-state index in [1.807, 2.05) is 0 Å². The van der Waals surface area contributed by atoms with Gasteiger partial charge in [0, 0.05) is 19.6 Å². The number of hydrogen-bond acceptors (Lipinski definition) is 5. The molecule has 1 heterocycles. The molecule has 1 rings (SSSR count). The lowest BCUT2D eigenvalue weighted by molar-refractivity contribution is -0.125. The van der Waals surface area contributed by atoms with Crippen LogP contribution in [0, 0.1) is 11.3 Å². The summed E-state index contributed by atoms with van der Waals surface area (Å²) in [5, 5.41) is 10.8. The summed E-state index contributed by atoms with van der Waals surface area (Å²) in [7, 11) is 0. The number of nitrogens with one attached hydrogen (secondary N) is 1. The number of ketones is 1. The highest BCUT2D eigenvalue weighted by Gasteiger charge is 2.45. The van der Waals surface area contributed by atoms with Crippen molar-refractivity contribution < 1.29 is 4.79 Å². The van der Waals surface area contributed by atoms with Crippen LogP contribution >= 0.6 is 0 Å². The molecule has 1 aliphatic rings. The number of hydrogen-bond donors (Lipinski definition) is 2. The normalized spacial score (nSPS) is 27.5. The Bertz CT molecular complexity index is 260. The molecule has 0 spiro atoms. The number of Topliss-reactive ketones (excluding diaryl/α,β-unsaturated/α-hetero) is 1. The summed E-state index contributed by atoms with van der Waals surface area (Å²) in [5.41, 5.74) is 7.41. The Kier molecular flexibility index (Phi) is 3.58. The Morgan fingerprint density at radius 1 is 1.79 bits per heavy atom. The Morgan fingerprint density at radius 3 is 3.00 bits per heavy atom. The zero-order valence-corrected chi connectivity index (χ0v) is 8.42. The van der Waals surface area contributed by atoms with Crippen molar-refractivity contribution in [2.24, 2.45) is 5.73 Å². The van der Waals surface area contributed by atoms with Gasteiger partial charge in [-0.2, -0.15) is 5.26 Å². The van der Waals surface area contributed by atoms with E-state index in [9.17, 15) is 4.79 Å². The minimum atomic E-state index is -0.963. The van der Waals surface area contributed by atoms with Gasteiger partial charge in [0.25, 0.3) is 0 Å². The topological polar surface area (TPSA) is 82.2 Å². The molecule has 3 N–H and O–H groups in total. The van der Waals surface area contributed by atoms with E-state index in [1.54, 1.807) is 5.01 Å². The summed E-state index contributed by atoms with van der Waals surface area (Å²) in [6.07, 6.45) is 1.47. The molecule has 0 aromatic heterocycles. The highest BCUT2D eigenvalue weighted by Crippen LogP contribution is 2.27. The van der Waals surface area contributed by atoms with Crippen LogP contribution in [-0.2, 0) is 4.79 Å². The van der Waals surface area contributed by atoms with Crippen molar-refractivity contribution in [3.05, 3.63) is 0 Å². The molecular weight excluding hydrogens is 180 g/mol. The Hall–Kier alpha value is -0.960. The van der Waals surface area contributed by atoms with Crippen molar-refractivity contribution in [1.82, 2.24) is 10.4 Å². The Labute approximate surface area is 83.8 Å². The van der Waals surface area contributed by atoms with Crippen LogP contribution in [0.4, 0.5) is 0 Å². The molecule has 0 saturated carbocycles. The average Bonchev–Trinajstić information content (AvgIpc) is 2.58. The van der Waals surface area contributed by atoms with E-state index in [1.165, 1.54) is 6.92 Å². The Balaban J connectivity index is 2.74. The molecule has 1 fully saturated rings. The fourth-order valence-electron chi connectivity index (χ4n) is 1.79. The summed E-state index contributed by atoms with van der Waals surface area (Å²) >= 11 is 0. The van der Waals surface area contributed by atoms with Crippen LogP contribution in [0.3, 0.4) is 0 Å². The van der Waals surface area contributed by atoms with Crippen LogP contribution in [-0.4, -0.2) is 36.0 Å². The maximum Gasteiger partial charge on any atom is 0.179 e. The first-order valence-corrected chi connectivity index (χ1v) is 4.81. The maximum atomic E-state index is 11.4.